The third-order valence-corrected chi connectivity index (χ3v) is 20.3. The molecular formula is C82H155NO13. The second-order valence-corrected chi connectivity index (χ2v) is 29.2. The number of rotatable bonds is 70. The van der Waals surface area contributed by atoms with Crippen LogP contribution in [0.2, 0.25) is 0 Å². The van der Waals surface area contributed by atoms with Crippen LogP contribution in [0, 0.1) is 0 Å². The maximum atomic E-state index is 13.4. The number of unbranched alkanes of at least 4 members (excludes halogenated alkanes) is 53. The Bertz CT molecular complexity index is 1750. The van der Waals surface area contributed by atoms with Crippen LogP contribution >= 0.6 is 0 Å². The van der Waals surface area contributed by atoms with Crippen molar-refractivity contribution < 1.29 is 64.6 Å². The van der Waals surface area contributed by atoms with Crippen LogP contribution in [-0.2, 0) is 23.7 Å². The van der Waals surface area contributed by atoms with Crippen LogP contribution in [-0.4, -0.2) is 140 Å². The highest BCUT2D eigenvalue weighted by Crippen LogP contribution is 2.30. The van der Waals surface area contributed by atoms with Gasteiger partial charge < -0.3 is 65.1 Å². The molecular weight excluding hydrogens is 1210 g/mol. The van der Waals surface area contributed by atoms with E-state index in [1.54, 1.807) is 6.08 Å². The van der Waals surface area contributed by atoms with Crippen LogP contribution in [0.1, 0.15) is 386 Å². The van der Waals surface area contributed by atoms with Crippen molar-refractivity contribution in [1.82, 2.24) is 5.32 Å². The van der Waals surface area contributed by atoms with Crippen LogP contribution in [0.15, 0.2) is 36.5 Å². The van der Waals surface area contributed by atoms with Gasteiger partial charge in [-0.15, -0.1) is 0 Å². The Kier molecular flexibility index (Phi) is 62.5. The van der Waals surface area contributed by atoms with Crippen molar-refractivity contribution >= 4 is 5.91 Å². The topological polar surface area (TPSA) is 228 Å². The zero-order valence-electron chi connectivity index (χ0n) is 62.1. The molecule has 0 aromatic heterocycles. The smallest absolute Gasteiger partial charge is 0.220 e. The molecule has 0 bridgehead atoms. The molecule has 0 radical (unpaired) electrons. The van der Waals surface area contributed by atoms with E-state index in [-0.39, 0.29) is 18.9 Å². The first-order valence-corrected chi connectivity index (χ1v) is 41.2. The molecule has 2 heterocycles. The molecule has 0 aliphatic carbocycles. The third kappa shape index (κ3) is 48.9. The van der Waals surface area contributed by atoms with Crippen molar-refractivity contribution in [1.29, 1.82) is 0 Å². The predicted octanol–water partition coefficient (Wildman–Crippen LogP) is 18.8. The van der Waals surface area contributed by atoms with Crippen molar-refractivity contribution in [3.8, 4) is 0 Å². The summed E-state index contributed by atoms with van der Waals surface area (Å²) < 4.78 is 22.9. The standard InChI is InChI=1S/C82H155NO13/c1-3-5-7-9-11-13-15-17-19-21-23-25-27-28-29-30-31-32-33-34-35-36-37-38-39-40-41-42-43-44-46-48-50-52-54-56-58-60-62-64-66-74(87)83-70(69-93-81-79(92)77(90)80(73(68-85)95-81)96-82-78(91)76(89)75(88)72(67-84)94-82)71(86)65-63-61-59-57-55-53-51-49-47-45-26-24-22-20-18-16-14-12-10-8-6-4-2/h47,49,55,57,63,65,70-73,75-82,84-86,88-92H,3-46,48,50-54,56,58-62,64,66-69H2,1-2H3,(H,83,87)/b49-47+,57-55+,65-63+. The highest BCUT2D eigenvalue weighted by molar-refractivity contribution is 5.76. The average Bonchev–Trinajstić information content (AvgIpc) is 0.805. The van der Waals surface area contributed by atoms with E-state index in [2.05, 4.69) is 43.5 Å². The highest BCUT2D eigenvalue weighted by Gasteiger charge is 2.51. The molecule has 2 saturated heterocycles. The minimum Gasteiger partial charge on any atom is -0.394 e. The van der Waals surface area contributed by atoms with E-state index in [0.717, 1.165) is 44.9 Å². The Morgan fingerprint density at radius 3 is 1.02 bits per heavy atom. The minimum absolute atomic E-state index is 0.245. The van der Waals surface area contributed by atoms with Crippen molar-refractivity contribution in [3.63, 3.8) is 0 Å². The second kappa shape index (κ2) is 66.4. The Morgan fingerprint density at radius 2 is 0.667 bits per heavy atom. The Balaban J connectivity index is 1.57. The Labute approximate surface area is 589 Å². The first kappa shape index (κ1) is 90.3. The fourth-order valence-corrected chi connectivity index (χ4v) is 13.8. The summed E-state index contributed by atoms with van der Waals surface area (Å²) in [6.07, 6.45) is 71.2. The van der Waals surface area contributed by atoms with Crippen LogP contribution < -0.4 is 5.32 Å². The molecule has 0 spiro atoms. The van der Waals surface area contributed by atoms with E-state index in [1.165, 1.54) is 308 Å². The van der Waals surface area contributed by atoms with Gasteiger partial charge in [-0.2, -0.15) is 0 Å². The van der Waals surface area contributed by atoms with Crippen LogP contribution in [0.5, 0.6) is 0 Å². The van der Waals surface area contributed by atoms with Gasteiger partial charge in [-0.25, -0.2) is 0 Å². The van der Waals surface area contributed by atoms with Gasteiger partial charge in [-0.3, -0.25) is 4.79 Å². The average molecular weight is 1360 g/mol. The van der Waals surface area contributed by atoms with Crippen LogP contribution in [0.3, 0.4) is 0 Å². The molecule has 12 unspecified atom stereocenters. The van der Waals surface area contributed by atoms with Gasteiger partial charge in [0.05, 0.1) is 32.0 Å². The van der Waals surface area contributed by atoms with Gasteiger partial charge in [-0.05, 0) is 44.9 Å². The number of hydrogen-bond donors (Lipinski definition) is 9. The fourth-order valence-electron chi connectivity index (χ4n) is 13.8. The highest BCUT2D eigenvalue weighted by atomic mass is 16.7. The van der Waals surface area contributed by atoms with Crippen molar-refractivity contribution in [2.75, 3.05) is 19.8 Å². The first-order valence-electron chi connectivity index (χ1n) is 41.2. The third-order valence-electron chi connectivity index (χ3n) is 20.3. The molecule has 1 amide bonds. The number of carbonyl (C=O) groups is 1. The van der Waals surface area contributed by atoms with Gasteiger partial charge in [0, 0.05) is 6.42 Å². The zero-order chi connectivity index (χ0) is 69.4. The molecule has 566 valence electrons. The summed E-state index contributed by atoms with van der Waals surface area (Å²) in [4.78, 5) is 13.4. The van der Waals surface area contributed by atoms with Gasteiger partial charge >= 0.3 is 0 Å². The van der Waals surface area contributed by atoms with E-state index >= 15 is 0 Å². The summed E-state index contributed by atoms with van der Waals surface area (Å²) in [5.74, 6) is -0.245. The normalized spacial score (nSPS) is 22.4. The van der Waals surface area contributed by atoms with Gasteiger partial charge in [0.1, 0.15) is 48.8 Å². The SMILES string of the molecule is CCCCCCCCCCCCCC/C=C/CC/C=C/CC/C=C/C(O)C(COC1OC(CO)C(OC2OC(CO)C(O)C(O)C2O)C(O)C1O)NC(=O)CCCCCCCCCCCCCCCCCCCCCCCCCCCCCCCCCCCCCCCCCC. The molecule has 9 N–H and O–H groups in total. The molecule has 14 nitrogen and oxygen atoms in total. The van der Waals surface area contributed by atoms with Crippen LogP contribution in [0.4, 0.5) is 0 Å². The fraction of sp³-hybridized carbons (Fsp3) is 0.915. The Hall–Kier alpha value is -1.79. The van der Waals surface area contributed by atoms with E-state index in [1.807, 2.05) is 6.08 Å². The maximum Gasteiger partial charge on any atom is 0.220 e. The number of aliphatic hydroxyl groups excluding tert-OH is 8. The monoisotopic (exact) mass is 1360 g/mol. The molecule has 12 atom stereocenters. The molecule has 14 heteroatoms. The predicted molar refractivity (Wildman–Crippen MR) is 397 cm³/mol. The number of nitrogens with one attached hydrogen (secondary N) is 1. The number of allylic oxidation sites excluding steroid dienone is 5. The summed E-state index contributed by atoms with van der Waals surface area (Å²) in [6.45, 7) is 2.84. The lowest BCUT2D eigenvalue weighted by molar-refractivity contribution is -0.359. The van der Waals surface area contributed by atoms with Crippen molar-refractivity contribution in [2.24, 2.45) is 0 Å². The van der Waals surface area contributed by atoms with Crippen LogP contribution in [0.25, 0.3) is 0 Å². The lowest BCUT2D eigenvalue weighted by Crippen LogP contribution is -2.65. The van der Waals surface area contributed by atoms with E-state index in [4.69, 9.17) is 18.9 Å². The largest absolute Gasteiger partial charge is 0.394 e. The molecule has 0 saturated carbocycles. The summed E-state index contributed by atoms with van der Waals surface area (Å²) in [7, 11) is 0. The van der Waals surface area contributed by atoms with Crippen molar-refractivity contribution in [2.45, 2.75) is 460 Å². The van der Waals surface area contributed by atoms with Gasteiger partial charge in [0.2, 0.25) is 5.91 Å². The zero-order valence-corrected chi connectivity index (χ0v) is 62.1. The lowest BCUT2D eigenvalue weighted by atomic mass is 9.97. The van der Waals surface area contributed by atoms with Gasteiger partial charge in [0.25, 0.3) is 0 Å². The quantitative estimate of drug-likeness (QED) is 0.0204. The van der Waals surface area contributed by atoms with E-state index in [0.29, 0.717) is 12.8 Å². The lowest BCUT2D eigenvalue weighted by Gasteiger charge is -2.46. The molecule has 2 aliphatic rings. The molecule has 0 aromatic carbocycles. The Morgan fingerprint density at radius 1 is 0.365 bits per heavy atom. The van der Waals surface area contributed by atoms with Gasteiger partial charge in [0.15, 0.2) is 12.6 Å². The number of carbonyl (C=O) groups excluding carboxylic acids is 1. The molecule has 2 fully saturated rings. The number of hydrogen-bond acceptors (Lipinski definition) is 13. The van der Waals surface area contributed by atoms with Gasteiger partial charge in [-0.1, -0.05) is 371 Å². The number of aliphatic hydroxyl groups is 8. The summed E-state index contributed by atoms with van der Waals surface area (Å²) in [5, 5.41) is 87.6. The summed E-state index contributed by atoms with van der Waals surface area (Å²) >= 11 is 0. The van der Waals surface area contributed by atoms with E-state index < -0.39 is 86.8 Å². The first-order chi connectivity index (χ1) is 47.1. The maximum absolute atomic E-state index is 13.4. The minimum atomic E-state index is -1.79. The second-order valence-electron chi connectivity index (χ2n) is 29.2. The van der Waals surface area contributed by atoms with Crippen molar-refractivity contribution in [3.05, 3.63) is 36.5 Å². The molecule has 0 aromatic rings. The summed E-state index contributed by atoms with van der Waals surface area (Å²) in [5.41, 5.74) is 0. The number of ether oxygens (including phenoxy) is 4. The summed E-state index contributed by atoms with van der Waals surface area (Å²) in [6, 6.07) is -0.938. The molecule has 96 heavy (non-hydrogen) atoms. The number of amides is 1. The molecule has 2 aliphatic heterocycles. The molecule has 2 rings (SSSR count). The van der Waals surface area contributed by atoms with E-state index in [9.17, 15) is 45.6 Å².